The zero-order chi connectivity index (χ0) is 17.6. The van der Waals surface area contributed by atoms with Gasteiger partial charge in [0.05, 0.1) is 11.1 Å². The molecule has 0 saturated carbocycles. The molecule has 1 aliphatic heterocycles. The van der Waals surface area contributed by atoms with E-state index in [-0.39, 0.29) is 5.56 Å². The molecule has 7 heteroatoms. The molecule has 1 aliphatic rings. The van der Waals surface area contributed by atoms with E-state index in [9.17, 15) is 4.79 Å². The molecule has 0 radical (unpaired) electrons. The smallest absolute Gasteiger partial charge is 0.262 e. The molecule has 0 spiro atoms. The van der Waals surface area contributed by atoms with Gasteiger partial charge in [0.1, 0.15) is 10.7 Å². The lowest BCUT2D eigenvalue weighted by atomic mass is 10.2. The number of nitrogens with zero attached hydrogens (tertiary/aromatic N) is 5. The number of rotatable bonds is 3. The summed E-state index contributed by atoms with van der Waals surface area (Å²) >= 11 is 1.54. The van der Waals surface area contributed by atoms with Gasteiger partial charge in [0.15, 0.2) is 0 Å². The van der Waals surface area contributed by atoms with Crippen molar-refractivity contribution in [2.45, 2.75) is 46.8 Å². The Labute approximate surface area is 150 Å². The minimum Gasteiger partial charge on any atom is -0.297 e. The van der Waals surface area contributed by atoms with Crippen LogP contribution < -0.4 is 5.56 Å². The van der Waals surface area contributed by atoms with Gasteiger partial charge in [0.25, 0.3) is 5.56 Å². The van der Waals surface area contributed by atoms with Gasteiger partial charge in [-0.3, -0.25) is 18.9 Å². The van der Waals surface area contributed by atoms with E-state index in [2.05, 4.69) is 35.5 Å². The predicted octanol–water partition coefficient (Wildman–Crippen LogP) is 2.35. The van der Waals surface area contributed by atoms with E-state index in [1.165, 1.54) is 11.3 Å². The molecule has 0 N–H and O–H groups in total. The fraction of sp³-hybridized carbons (Fsp3) is 0.500. The molecule has 0 aliphatic carbocycles. The average Bonchev–Trinajstić information content (AvgIpc) is 3.10. The van der Waals surface area contributed by atoms with Crippen molar-refractivity contribution in [1.82, 2.24) is 24.2 Å². The topological polar surface area (TPSA) is 56.0 Å². The maximum Gasteiger partial charge on any atom is 0.262 e. The molecular weight excluding hydrogens is 334 g/mol. The summed E-state index contributed by atoms with van der Waals surface area (Å²) < 4.78 is 3.93. The van der Waals surface area contributed by atoms with Gasteiger partial charge >= 0.3 is 0 Å². The minimum absolute atomic E-state index is 0.106. The molecule has 4 rings (SSSR count). The molecular formula is C18H23N5OS. The molecule has 0 amide bonds. The monoisotopic (exact) mass is 357 g/mol. The SMILES string of the molecule is CCn1nc(C)c(CN2CCc3nc4sccc4c(=O)n3CC2)c1C. The highest BCUT2D eigenvalue weighted by Gasteiger charge is 2.20. The second-order valence-corrected chi connectivity index (χ2v) is 7.51. The fourth-order valence-electron chi connectivity index (χ4n) is 3.68. The average molecular weight is 357 g/mol. The highest BCUT2D eigenvalue weighted by atomic mass is 32.1. The summed E-state index contributed by atoms with van der Waals surface area (Å²) in [5.41, 5.74) is 3.78. The van der Waals surface area contributed by atoms with Crippen LogP contribution in [0.3, 0.4) is 0 Å². The largest absolute Gasteiger partial charge is 0.297 e. The highest BCUT2D eigenvalue weighted by Crippen LogP contribution is 2.19. The van der Waals surface area contributed by atoms with Gasteiger partial charge in [-0.15, -0.1) is 11.3 Å². The van der Waals surface area contributed by atoms with E-state index in [0.29, 0.717) is 6.54 Å². The minimum atomic E-state index is 0.106. The molecule has 132 valence electrons. The first-order valence-electron chi connectivity index (χ1n) is 8.80. The van der Waals surface area contributed by atoms with Crippen LogP contribution in [0.2, 0.25) is 0 Å². The van der Waals surface area contributed by atoms with Crippen molar-refractivity contribution >= 4 is 21.6 Å². The van der Waals surface area contributed by atoms with Gasteiger partial charge in [-0.05, 0) is 32.2 Å². The highest BCUT2D eigenvalue weighted by molar-refractivity contribution is 7.16. The molecule has 3 aromatic heterocycles. The van der Waals surface area contributed by atoms with Crippen molar-refractivity contribution in [3.8, 4) is 0 Å². The zero-order valence-corrected chi connectivity index (χ0v) is 15.8. The maximum absolute atomic E-state index is 12.7. The predicted molar refractivity (Wildman–Crippen MR) is 100 cm³/mol. The number of fused-ring (bicyclic) bond motifs is 2. The Morgan fingerprint density at radius 1 is 1.24 bits per heavy atom. The molecule has 25 heavy (non-hydrogen) atoms. The first-order valence-corrected chi connectivity index (χ1v) is 9.68. The Balaban J connectivity index is 1.59. The maximum atomic E-state index is 12.7. The van der Waals surface area contributed by atoms with Crippen molar-refractivity contribution in [3.63, 3.8) is 0 Å². The number of aryl methyl sites for hydroxylation is 2. The van der Waals surface area contributed by atoms with Crippen molar-refractivity contribution < 1.29 is 0 Å². The zero-order valence-electron chi connectivity index (χ0n) is 14.9. The van der Waals surface area contributed by atoms with Gasteiger partial charge in [-0.1, -0.05) is 0 Å². The van der Waals surface area contributed by atoms with Crippen LogP contribution in [-0.4, -0.2) is 37.3 Å². The quantitative estimate of drug-likeness (QED) is 0.722. The van der Waals surface area contributed by atoms with E-state index in [4.69, 9.17) is 4.98 Å². The lowest BCUT2D eigenvalue weighted by Gasteiger charge is -2.19. The number of hydrogen-bond donors (Lipinski definition) is 0. The fourth-order valence-corrected chi connectivity index (χ4v) is 4.45. The van der Waals surface area contributed by atoms with Crippen LogP contribution in [0.5, 0.6) is 0 Å². The normalized spacial score (nSPS) is 15.5. The number of aromatic nitrogens is 4. The molecule has 0 fully saturated rings. The van der Waals surface area contributed by atoms with E-state index >= 15 is 0 Å². The summed E-state index contributed by atoms with van der Waals surface area (Å²) in [5, 5.41) is 7.32. The van der Waals surface area contributed by atoms with Crippen LogP contribution >= 0.6 is 11.3 Å². The second-order valence-electron chi connectivity index (χ2n) is 6.62. The Morgan fingerprint density at radius 2 is 2.08 bits per heavy atom. The van der Waals surface area contributed by atoms with Gasteiger partial charge in [0, 0.05) is 50.4 Å². The van der Waals surface area contributed by atoms with Crippen molar-refractivity contribution in [2.75, 3.05) is 13.1 Å². The van der Waals surface area contributed by atoms with Gasteiger partial charge in [-0.2, -0.15) is 5.10 Å². The molecule has 0 unspecified atom stereocenters. The van der Waals surface area contributed by atoms with E-state index in [1.54, 1.807) is 11.3 Å². The third-order valence-corrected chi connectivity index (χ3v) is 5.97. The number of thiophene rings is 1. The van der Waals surface area contributed by atoms with Crippen LogP contribution in [0.15, 0.2) is 16.2 Å². The summed E-state index contributed by atoms with van der Waals surface area (Å²) in [5.74, 6) is 0.917. The summed E-state index contributed by atoms with van der Waals surface area (Å²) in [7, 11) is 0. The van der Waals surface area contributed by atoms with Gasteiger partial charge in [0.2, 0.25) is 0 Å². The second kappa shape index (κ2) is 6.38. The third kappa shape index (κ3) is 2.81. The van der Waals surface area contributed by atoms with Gasteiger partial charge in [-0.25, -0.2) is 4.98 Å². The summed E-state index contributed by atoms with van der Waals surface area (Å²) in [6.45, 7) is 10.6. The van der Waals surface area contributed by atoms with Crippen molar-refractivity contribution in [2.24, 2.45) is 0 Å². The molecule has 0 saturated heterocycles. The third-order valence-electron chi connectivity index (χ3n) is 5.17. The molecule has 0 atom stereocenters. The van der Waals surface area contributed by atoms with E-state index < -0.39 is 0 Å². The van der Waals surface area contributed by atoms with E-state index in [0.717, 1.165) is 54.3 Å². The molecule has 4 heterocycles. The Morgan fingerprint density at radius 3 is 2.84 bits per heavy atom. The molecule has 0 bridgehead atoms. The van der Waals surface area contributed by atoms with E-state index in [1.807, 2.05) is 16.0 Å². The Kier molecular flexibility index (Phi) is 4.21. The summed E-state index contributed by atoms with van der Waals surface area (Å²) in [4.78, 5) is 20.7. The Bertz CT molecular complexity index is 983. The molecule has 0 aromatic carbocycles. The van der Waals surface area contributed by atoms with Crippen molar-refractivity contribution in [1.29, 1.82) is 0 Å². The standard InChI is InChI=1S/C18H23N5OS/c1-4-23-13(3)15(12(2)20-23)11-21-7-5-16-19-17-14(6-10-25-17)18(24)22(16)9-8-21/h6,10H,4-5,7-9,11H2,1-3H3. The first kappa shape index (κ1) is 16.5. The van der Waals surface area contributed by atoms with Crippen LogP contribution in [0.4, 0.5) is 0 Å². The molecule has 3 aromatic rings. The van der Waals surface area contributed by atoms with Crippen LogP contribution in [0, 0.1) is 13.8 Å². The first-order chi connectivity index (χ1) is 12.1. The lowest BCUT2D eigenvalue weighted by molar-refractivity contribution is 0.270. The lowest BCUT2D eigenvalue weighted by Crippen LogP contribution is -2.29. The number of hydrogen-bond acceptors (Lipinski definition) is 5. The van der Waals surface area contributed by atoms with Crippen LogP contribution in [0.1, 0.15) is 29.7 Å². The summed E-state index contributed by atoms with van der Waals surface area (Å²) in [6.07, 6.45) is 0.809. The Hall–Kier alpha value is -1.99. The van der Waals surface area contributed by atoms with Gasteiger partial charge < -0.3 is 0 Å². The molecule has 6 nitrogen and oxygen atoms in total. The van der Waals surface area contributed by atoms with Crippen LogP contribution in [0.25, 0.3) is 10.2 Å². The van der Waals surface area contributed by atoms with Crippen molar-refractivity contribution in [3.05, 3.63) is 44.6 Å². The summed E-state index contributed by atoms with van der Waals surface area (Å²) in [6, 6.07) is 1.89. The van der Waals surface area contributed by atoms with Crippen LogP contribution in [-0.2, 0) is 26.1 Å².